The molecule has 3 heteroatoms. The van der Waals surface area contributed by atoms with Gasteiger partial charge in [-0.2, -0.15) is 0 Å². The second kappa shape index (κ2) is 2.54. The lowest BCUT2D eigenvalue weighted by atomic mass is 10.2. The summed E-state index contributed by atoms with van der Waals surface area (Å²) in [7, 11) is 0. The van der Waals surface area contributed by atoms with Crippen LogP contribution in [0, 0.1) is 0 Å². The lowest BCUT2D eigenvalue weighted by Gasteiger charge is -1.90. The Morgan fingerprint density at radius 3 is 2.45 bits per heavy atom. The third kappa shape index (κ3) is 1.12. The van der Waals surface area contributed by atoms with E-state index in [0.717, 1.165) is 11.3 Å². The highest BCUT2D eigenvalue weighted by Crippen LogP contribution is 2.15. The summed E-state index contributed by atoms with van der Waals surface area (Å²) in [5.74, 6) is 0.771. The predicted molar refractivity (Wildman–Crippen MR) is 39.7 cm³/mol. The van der Waals surface area contributed by atoms with Crippen molar-refractivity contribution in [1.82, 2.24) is 10.1 Å². The molecule has 0 spiro atoms. The SMILES string of the molecule is c1cc(-c2ccno2)ccn1. The van der Waals surface area contributed by atoms with Gasteiger partial charge in [-0.05, 0) is 12.1 Å². The average Bonchev–Trinajstić information content (AvgIpc) is 2.58. The van der Waals surface area contributed by atoms with E-state index in [1.807, 2.05) is 18.2 Å². The Hall–Kier alpha value is -1.64. The third-order valence-electron chi connectivity index (χ3n) is 1.40. The van der Waals surface area contributed by atoms with Crippen LogP contribution in [0.2, 0.25) is 0 Å². The Labute approximate surface area is 63.7 Å². The minimum Gasteiger partial charge on any atom is -0.356 e. The summed E-state index contributed by atoms with van der Waals surface area (Å²) in [5.41, 5.74) is 0.998. The fraction of sp³-hybridized carbons (Fsp3) is 0. The van der Waals surface area contributed by atoms with Gasteiger partial charge in [-0.15, -0.1) is 0 Å². The first-order valence-corrected chi connectivity index (χ1v) is 3.28. The molecule has 2 aromatic heterocycles. The molecule has 11 heavy (non-hydrogen) atoms. The van der Waals surface area contributed by atoms with Gasteiger partial charge in [0.1, 0.15) is 0 Å². The fourth-order valence-corrected chi connectivity index (χ4v) is 0.881. The summed E-state index contributed by atoms with van der Waals surface area (Å²) < 4.78 is 4.94. The number of rotatable bonds is 1. The molecule has 0 fully saturated rings. The molecule has 2 aromatic rings. The monoisotopic (exact) mass is 146 g/mol. The second-order valence-electron chi connectivity index (χ2n) is 2.11. The van der Waals surface area contributed by atoms with Crippen LogP contribution < -0.4 is 0 Å². The van der Waals surface area contributed by atoms with E-state index >= 15 is 0 Å². The maximum absolute atomic E-state index is 4.94. The molecule has 0 aliphatic rings. The maximum atomic E-state index is 4.94. The molecule has 0 radical (unpaired) electrons. The molecule has 0 atom stereocenters. The Kier molecular flexibility index (Phi) is 1.41. The van der Waals surface area contributed by atoms with Crippen molar-refractivity contribution < 1.29 is 4.52 Å². The molecular weight excluding hydrogens is 140 g/mol. The van der Waals surface area contributed by atoms with Gasteiger partial charge < -0.3 is 4.52 Å². The number of aromatic nitrogens is 2. The number of pyridine rings is 1. The van der Waals surface area contributed by atoms with Gasteiger partial charge in [0.15, 0.2) is 5.76 Å². The van der Waals surface area contributed by atoms with Crippen LogP contribution in [0.15, 0.2) is 41.3 Å². The Morgan fingerprint density at radius 2 is 1.82 bits per heavy atom. The molecule has 3 nitrogen and oxygen atoms in total. The summed E-state index contributed by atoms with van der Waals surface area (Å²) in [5, 5.41) is 3.60. The molecule has 2 heterocycles. The highest BCUT2D eigenvalue weighted by Gasteiger charge is 1.98. The van der Waals surface area contributed by atoms with Crippen molar-refractivity contribution in [2.24, 2.45) is 0 Å². The minimum atomic E-state index is 0.771. The average molecular weight is 146 g/mol. The lowest BCUT2D eigenvalue weighted by molar-refractivity contribution is 0.432. The highest BCUT2D eigenvalue weighted by molar-refractivity contribution is 5.54. The van der Waals surface area contributed by atoms with Gasteiger partial charge in [0, 0.05) is 24.0 Å². The summed E-state index contributed by atoms with van der Waals surface area (Å²) in [6, 6.07) is 5.57. The van der Waals surface area contributed by atoms with Crippen LogP contribution in [0.5, 0.6) is 0 Å². The first-order valence-electron chi connectivity index (χ1n) is 3.28. The van der Waals surface area contributed by atoms with E-state index in [1.54, 1.807) is 18.6 Å². The molecule has 0 aliphatic carbocycles. The molecule has 54 valence electrons. The van der Waals surface area contributed by atoms with E-state index in [-0.39, 0.29) is 0 Å². The molecular formula is C8H6N2O. The molecule has 2 rings (SSSR count). The van der Waals surface area contributed by atoms with Crippen molar-refractivity contribution in [3.63, 3.8) is 0 Å². The van der Waals surface area contributed by atoms with Crippen LogP contribution in [0.1, 0.15) is 0 Å². The van der Waals surface area contributed by atoms with E-state index in [9.17, 15) is 0 Å². The van der Waals surface area contributed by atoms with Crippen LogP contribution >= 0.6 is 0 Å². The number of hydrogen-bond donors (Lipinski definition) is 0. The largest absolute Gasteiger partial charge is 0.356 e. The van der Waals surface area contributed by atoms with Crippen molar-refractivity contribution in [2.45, 2.75) is 0 Å². The summed E-state index contributed by atoms with van der Waals surface area (Å²) in [6.45, 7) is 0. The molecule has 0 unspecified atom stereocenters. The summed E-state index contributed by atoms with van der Waals surface area (Å²) in [4.78, 5) is 3.89. The Bertz CT molecular complexity index is 315. The van der Waals surface area contributed by atoms with Crippen molar-refractivity contribution in [1.29, 1.82) is 0 Å². The standard InChI is InChI=1S/C8H6N2O/c1-4-9-5-2-7(1)8-3-6-10-11-8/h1-6H. The quantitative estimate of drug-likeness (QED) is 0.615. The van der Waals surface area contributed by atoms with E-state index in [0.29, 0.717) is 0 Å². The van der Waals surface area contributed by atoms with Gasteiger partial charge in [-0.25, -0.2) is 0 Å². The lowest BCUT2D eigenvalue weighted by Crippen LogP contribution is -1.73. The molecule has 0 aromatic carbocycles. The number of hydrogen-bond acceptors (Lipinski definition) is 3. The molecule has 0 saturated carbocycles. The zero-order valence-electron chi connectivity index (χ0n) is 5.77. The predicted octanol–water partition coefficient (Wildman–Crippen LogP) is 1.74. The molecule has 0 saturated heterocycles. The van der Waals surface area contributed by atoms with Crippen LogP contribution in [0.25, 0.3) is 11.3 Å². The normalized spacial score (nSPS) is 9.82. The fourth-order valence-electron chi connectivity index (χ4n) is 0.881. The van der Waals surface area contributed by atoms with Crippen LogP contribution in [0.3, 0.4) is 0 Å². The second-order valence-corrected chi connectivity index (χ2v) is 2.11. The Morgan fingerprint density at radius 1 is 1.00 bits per heavy atom. The van der Waals surface area contributed by atoms with Crippen molar-refractivity contribution in [2.75, 3.05) is 0 Å². The molecule has 0 aliphatic heterocycles. The number of nitrogens with zero attached hydrogens (tertiary/aromatic N) is 2. The van der Waals surface area contributed by atoms with Gasteiger partial charge in [0.05, 0.1) is 6.20 Å². The van der Waals surface area contributed by atoms with E-state index in [2.05, 4.69) is 10.1 Å². The zero-order valence-corrected chi connectivity index (χ0v) is 5.77. The highest BCUT2D eigenvalue weighted by atomic mass is 16.5. The van der Waals surface area contributed by atoms with Crippen molar-refractivity contribution in [3.8, 4) is 11.3 Å². The molecule has 0 amide bonds. The van der Waals surface area contributed by atoms with E-state index < -0.39 is 0 Å². The molecule has 0 N–H and O–H groups in total. The topological polar surface area (TPSA) is 38.9 Å². The van der Waals surface area contributed by atoms with Gasteiger partial charge in [0.25, 0.3) is 0 Å². The summed E-state index contributed by atoms with van der Waals surface area (Å²) in [6.07, 6.45) is 5.06. The molecule has 0 bridgehead atoms. The van der Waals surface area contributed by atoms with Gasteiger partial charge in [-0.1, -0.05) is 5.16 Å². The van der Waals surface area contributed by atoms with Crippen LogP contribution in [0.4, 0.5) is 0 Å². The zero-order chi connectivity index (χ0) is 7.52. The first-order chi connectivity index (χ1) is 5.47. The van der Waals surface area contributed by atoms with E-state index in [1.165, 1.54) is 0 Å². The van der Waals surface area contributed by atoms with Crippen LogP contribution in [-0.2, 0) is 0 Å². The van der Waals surface area contributed by atoms with Crippen LogP contribution in [-0.4, -0.2) is 10.1 Å². The van der Waals surface area contributed by atoms with Gasteiger partial charge in [0.2, 0.25) is 0 Å². The van der Waals surface area contributed by atoms with Crippen molar-refractivity contribution in [3.05, 3.63) is 36.8 Å². The minimum absolute atomic E-state index is 0.771. The smallest absolute Gasteiger partial charge is 0.166 e. The van der Waals surface area contributed by atoms with Gasteiger partial charge in [-0.3, -0.25) is 4.98 Å². The van der Waals surface area contributed by atoms with E-state index in [4.69, 9.17) is 4.52 Å². The van der Waals surface area contributed by atoms with Crippen molar-refractivity contribution >= 4 is 0 Å². The third-order valence-corrected chi connectivity index (χ3v) is 1.40. The summed E-state index contributed by atoms with van der Waals surface area (Å²) >= 11 is 0. The first kappa shape index (κ1) is 6.09. The maximum Gasteiger partial charge on any atom is 0.166 e. The van der Waals surface area contributed by atoms with Gasteiger partial charge >= 0.3 is 0 Å². The Balaban J connectivity index is 2.46.